The Morgan fingerprint density at radius 1 is 1.40 bits per heavy atom. The third-order valence-electron chi connectivity index (χ3n) is 3.24. The van der Waals surface area contributed by atoms with E-state index in [4.69, 9.17) is 4.74 Å². The largest absolute Gasteiger partial charge is 0.378 e. The van der Waals surface area contributed by atoms with Gasteiger partial charge in [-0.05, 0) is 44.7 Å². The maximum atomic E-state index is 5.61. The van der Waals surface area contributed by atoms with E-state index in [0.29, 0.717) is 6.10 Å². The minimum atomic E-state index is 0.592. The minimum absolute atomic E-state index is 0.592. The van der Waals surface area contributed by atoms with E-state index >= 15 is 0 Å². The topological polar surface area (TPSA) is 21.3 Å². The molecule has 1 heterocycles. The fourth-order valence-corrected chi connectivity index (χ4v) is 2.23. The standard InChI is InChI=1S/C13H27NO/c1-3-14-11-12(2)7-4-5-8-13-9-6-10-15-13/h12-14H,3-11H2,1-2H3. The summed E-state index contributed by atoms with van der Waals surface area (Å²) in [4.78, 5) is 0. The zero-order valence-corrected chi connectivity index (χ0v) is 10.4. The number of hydrogen-bond donors (Lipinski definition) is 1. The molecule has 1 rings (SSSR count). The molecule has 0 radical (unpaired) electrons. The fraction of sp³-hybridized carbons (Fsp3) is 1.00. The third-order valence-corrected chi connectivity index (χ3v) is 3.24. The second-order valence-electron chi connectivity index (χ2n) is 4.83. The molecular formula is C13H27NO. The second kappa shape index (κ2) is 8.12. The van der Waals surface area contributed by atoms with E-state index in [0.717, 1.165) is 19.1 Å². The normalized spacial score (nSPS) is 23.2. The van der Waals surface area contributed by atoms with Gasteiger partial charge >= 0.3 is 0 Å². The molecule has 0 aliphatic carbocycles. The summed E-state index contributed by atoms with van der Waals surface area (Å²) in [6.07, 6.45) is 8.53. The van der Waals surface area contributed by atoms with Crippen LogP contribution in [0.15, 0.2) is 0 Å². The molecule has 90 valence electrons. The molecule has 1 N–H and O–H groups in total. The van der Waals surface area contributed by atoms with Gasteiger partial charge in [0.1, 0.15) is 0 Å². The zero-order valence-electron chi connectivity index (χ0n) is 10.4. The molecule has 15 heavy (non-hydrogen) atoms. The second-order valence-corrected chi connectivity index (χ2v) is 4.83. The number of unbranched alkanes of at least 4 members (excludes halogenated alkanes) is 1. The van der Waals surface area contributed by atoms with E-state index < -0.39 is 0 Å². The summed E-state index contributed by atoms with van der Waals surface area (Å²) < 4.78 is 5.61. The van der Waals surface area contributed by atoms with Crippen LogP contribution in [0, 0.1) is 5.92 Å². The number of hydrogen-bond acceptors (Lipinski definition) is 2. The lowest BCUT2D eigenvalue weighted by Crippen LogP contribution is -2.20. The van der Waals surface area contributed by atoms with Crippen molar-refractivity contribution >= 4 is 0 Å². The van der Waals surface area contributed by atoms with Gasteiger partial charge in [-0.1, -0.05) is 26.7 Å². The molecule has 2 heteroatoms. The van der Waals surface area contributed by atoms with Crippen molar-refractivity contribution in [2.75, 3.05) is 19.7 Å². The Kier molecular flexibility index (Phi) is 7.03. The van der Waals surface area contributed by atoms with E-state index in [1.165, 1.54) is 45.1 Å². The van der Waals surface area contributed by atoms with Crippen molar-refractivity contribution in [3.63, 3.8) is 0 Å². The van der Waals surface area contributed by atoms with Gasteiger partial charge in [0, 0.05) is 6.61 Å². The molecule has 0 saturated carbocycles. The number of ether oxygens (including phenoxy) is 1. The Balaban J connectivity index is 1.87. The Morgan fingerprint density at radius 2 is 2.27 bits per heavy atom. The summed E-state index contributed by atoms with van der Waals surface area (Å²) in [6, 6.07) is 0. The van der Waals surface area contributed by atoms with Crippen LogP contribution in [0.25, 0.3) is 0 Å². The minimum Gasteiger partial charge on any atom is -0.378 e. The summed E-state index contributed by atoms with van der Waals surface area (Å²) >= 11 is 0. The molecular weight excluding hydrogens is 186 g/mol. The van der Waals surface area contributed by atoms with Gasteiger partial charge in [-0.3, -0.25) is 0 Å². The first kappa shape index (κ1) is 13.0. The van der Waals surface area contributed by atoms with Crippen LogP contribution in [-0.4, -0.2) is 25.8 Å². The van der Waals surface area contributed by atoms with Gasteiger partial charge in [-0.25, -0.2) is 0 Å². The molecule has 0 aromatic carbocycles. The van der Waals surface area contributed by atoms with E-state index in [9.17, 15) is 0 Å². The third kappa shape index (κ3) is 6.16. The van der Waals surface area contributed by atoms with Crippen LogP contribution in [0.4, 0.5) is 0 Å². The predicted octanol–water partition coefficient (Wildman–Crippen LogP) is 2.97. The quantitative estimate of drug-likeness (QED) is 0.626. The average molecular weight is 213 g/mol. The summed E-state index contributed by atoms with van der Waals surface area (Å²) in [5.74, 6) is 0.828. The molecule has 2 nitrogen and oxygen atoms in total. The van der Waals surface area contributed by atoms with E-state index in [1.54, 1.807) is 0 Å². The van der Waals surface area contributed by atoms with Gasteiger partial charge in [0.05, 0.1) is 6.10 Å². The summed E-state index contributed by atoms with van der Waals surface area (Å²) in [5, 5.41) is 3.41. The molecule has 1 aliphatic heterocycles. The first-order valence-corrected chi connectivity index (χ1v) is 6.65. The average Bonchev–Trinajstić information content (AvgIpc) is 2.74. The van der Waals surface area contributed by atoms with Crippen LogP contribution in [-0.2, 0) is 4.74 Å². The first-order chi connectivity index (χ1) is 7.33. The Hall–Kier alpha value is -0.0800. The summed E-state index contributed by atoms with van der Waals surface area (Å²) in [7, 11) is 0. The highest BCUT2D eigenvalue weighted by Gasteiger charge is 2.14. The van der Waals surface area contributed by atoms with Crippen LogP contribution in [0.5, 0.6) is 0 Å². The van der Waals surface area contributed by atoms with Gasteiger partial charge in [0.25, 0.3) is 0 Å². The van der Waals surface area contributed by atoms with Crippen molar-refractivity contribution in [1.82, 2.24) is 5.32 Å². The monoisotopic (exact) mass is 213 g/mol. The Labute approximate surface area is 94.8 Å². The molecule has 0 bridgehead atoms. The van der Waals surface area contributed by atoms with Crippen molar-refractivity contribution < 1.29 is 4.74 Å². The van der Waals surface area contributed by atoms with Crippen molar-refractivity contribution in [2.45, 2.75) is 58.5 Å². The van der Waals surface area contributed by atoms with Crippen LogP contribution in [0.3, 0.4) is 0 Å². The first-order valence-electron chi connectivity index (χ1n) is 6.65. The fourth-order valence-electron chi connectivity index (χ4n) is 2.23. The molecule has 0 spiro atoms. The van der Waals surface area contributed by atoms with Gasteiger partial charge in [0.2, 0.25) is 0 Å². The summed E-state index contributed by atoms with van der Waals surface area (Å²) in [5.41, 5.74) is 0. The smallest absolute Gasteiger partial charge is 0.0576 e. The SMILES string of the molecule is CCNCC(C)CCCCC1CCCO1. The zero-order chi connectivity index (χ0) is 10.9. The van der Waals surface area contributed by atoms with Crippen molar-refractivity contribution in [3.8, 4) is 0 Å². The van der Waals surface area contributed by atoms with Gasteiger partial charge in [-0.15, -0.1) is 0 Å². The predicted molar refractivity (Wildman–Crippen MR) is 65.1 cm³/mol. The lowest BCUT2D eigenvalue weighted by Gasteiger charge is -2.12. The van der Waals surface area contributed by atoms with Gasteiger partial charge in [-0.2, -0.15) is 0 Å². The Morgan fingerprint density at radius 3 is 2.93 bits per heavy atom. The number of nitrogens with one attached hydrogen (secondary N) is 1. The van der Waals surface area contributed by atoms with E-state index in [2.05, 4.69) is 19.2 Å². The molecule has 2 atom stereocenters. The van der Waals surface area contributed by atoms with Crippen molar-refractivity contribution in [1.29, 1.82) is 0 Å². The molecule has 2 unspecified atom stereocenters. The highest BCUT2D eigenvalue weighted by atomic mass is 16.5. The molecule has 1 saturated heterocycles. The van der Waals surface area contributed by atoms with Crippen LogP contribution in [0.1, 0.15) is 52.4 Å². The van der Waals surface area contributed by atoms with E-state index in [1.807, 2.05) is 0 Å². The van der Waals surface area contributed by atoms with Crippen LogP contribution < -0.4 is 5.32 Å². The molecule has 1 aliphatic rings. The maximum Gasteiger partial charge on any atom is 0.0576 e. The van der Waals surface area contributed by atoms with Crippen molar-refractivity contribution in [3.05, 3.63) is 0 Å². The number of rotatable bonds is 8. The lowest BCUT2D eigenvalue weighted by atomic mass is 10.0. The molecule has 0 amide bonds. The van der Waals surface area contributed by atoms with Crippen LogP contribution in [0.2, 0.25) is 0 Å². The van der Waals surface area contributed by atoms with Gasteiger partial charge in [0.15, 0.2) is 0 Å². The van der Waals surface area contributed by atoms with Crippen molar-refractivity contribution in [2.24, 2.45) is 5.92 Å². The summed E-state index contributed by atoms with van der Waals surface area (Å²) in [6.45, 7) is 7.79. The molecule has 0 aromatic rings. The van der Waals surface area contributed by atoms with Gasteiger partial charge < -0.3 is 10.1 Å². The Bertz CT molecular complexity index is 143. The lowest BCUT2D eigenvalue weighted by molar-refractivity contribution is 0.101. The van der Waals surface area contributed by atoms with Crippen LogP contribution >= 0.6 is 0 Å². The maximum absolute atomic E-state index is 5.61. The highest BCUT2D eigenvalue weighted by molar-refractivity contribution is 4.65. The van der Waals surface area contributed by atoms with E-state index in [-0.39, 0.29) is 0 Å². The highest BCUT2D eigenvalue weighted by Crippen LogP contribution is 2.19. The molecule has 0 aromatic heterocycles. The molecule has 1 fully saturated rings.